The van der Waals surface area contributed by atoms with Crippen LogP contribution in [0.3, 0.4) is 0 Å². The average molecular weight is 446 g/mol. The van der Waals surface area contributed by atoms with Crippen LogP contribution >= 0.6 is 0 Å². The van der Waals surface area contributed by atoms with Crippen molar-refractivity contribution in [3.8, 4) is 5.75 Å². The Labute approximate surface area is 198 Å². The maximum Gasteiger partial charge on any atom is 0.132 e. The molecule has 0 aliphatic carbocycles. The van der Waals surface area contributed by atoms with E-state index in [1.165, 1.54) is 17.1 Å². The van der Waals surface area contributed by atoms with E-state index < -0.39 is 0 Å². The molecular weight excluding hydrogens is 410 g/mol. The molecule has 0 atom stereocenters. The molecule has 0 amide bonds. The largest absolute Gasteiger partial charge is 0.497 e. The summed E-state index contributed by atoms with van der Waals surface area (Å²) >= 11 is 0. The Morgan fingerprint density at radius 2 is 1.45 bits per heavy atom. The van der Waals surface area contributed by atoms with Crippen LogP contribution in [0.2, 0.25) is 0 Å². The molecule has 33 heavy (non-hydrogen) atoms. The third-order valence-electron chi connectivity index (χ3n) is 6.32. The predicted octanol–water partition coefficient (Wildman–Crippen LogP) is 5.65. The number of methoxy groups -OCH3 is 1. The second-order valence-electron chi connectivity index (χ2n) is 8.36. The molecule has 174 valence electrons. The monoisotopic (exact) mass is 445 g/mol. The van der Waals surface area contributed by atoms with Crippen molar-refractivity contribution in [3.63, 3.8) is 0 Å². The number of hydrazone groups is 1. The number of allylic oxidation sites excluding steroid dienone is 2. The average Bonchev–Trinajstić information content (AvgIpc) is 3.26. The topological polar surface area (TPSA) is 34.5 Å². The van der Waals surface area contributed by atoms with Crippen LogP contribution in [0.4, 0.5) is 17.1 Å². The van der Waals surface area contributed by atoms with Gasteiger partial charge >= 0.3 is 0 Å². The van der Waals surface area contributed by atoms with Crippen molar-refractivity contribution in [2.75, 3.05) is 48.0 Å². The first-order valence-electron chi connectivity index (χ1n) is 11.9. The fourth-order valence-electron chi connectivity index (χ4n) is 4.33. The van der Waals surface area contributed by atoms with Gasteiger partial charge < -0.3 is 14.5 Å². The Balaban J connectivity index is 1.36. The maximum absolute atomic E-state index is 5.27. The molecule has 2 aliphatic rings. The highest BCUT2D eigenvalue weighted by Gasteiger charge is 2.23. The lowest BCUT2D eigenvalue weighted by Crippen LogP contribution is -2.46. The third-order valence-corrected chi connectivity index (χ3v) is 6.32. The van der Waals surface area contributed by atoms with Gasteiger partial charge in [-0.05, 0) is 61.4 Å². The number of unbranched alkanes of at least 4 members (excludes halogenated alkanes) is 1. The number of ether oxygens (including phenoxy) is 1. The molecule has 6 heteroatoms. The van der Waals surface area contributed by atoms with Crippen LogP contribution < -0.4 is 19.4 Å². The summed E-state index contributed by atoms with van der Waals surface area (Å²) < 4.78 is 5.27. The highest BCUT2D eigenvalue weighted by molar-refractivity contribution is 5.85. The quantitative estimate of drug-likeness (QED) is 0.524. The lowest BCUT2D eigenvalue weighted by atomic mass is 10.2. The highest BCUT2D eigenvalue weighted by Crippen LogP contribution is 2.30. The Morgan fingerprint density at radius 1 is 0.909 bits per heavy atom. The van der Waals surface area contributed by atoms with E-state index in [2.05, 4.69) is 82.7 Å². The maximum atomic E-state index is 5.27. The van der Waals surface area contributed by atoms with E-state index in [0.29, 0.717) is 0 Å². The van der Waals surface area contributed by atoms with E-state index in [1.807, 2.05) is 23.5 Å². The summed E-state index contributed by atoms with van der Waals surface area (Å²) in [6, 6.07) is 17.1. The molecular formula is C27H35N5O. The minimum absolute atomic E-state index is 0.875. The molecule has 4 rings (SSSR count). The lowest BCUT2D eigenvalue weighted by molar-refractivity contribution is 0.415. The standard InChI is InChI=1S/C27H35N5O/c1-5-7-8-23(6-2)32-22(3)31(21-28-32)26-11-9-24(10-12-26)29-17-19-30(20-18-29)25-13-15-27(33-4)16-14-25/h8-16,21H,3,5-7,17-20H2,1-2,4H3/b23-8+. The van der Waals surface area contributed by atoms with Crippen LogP contribution in [-0.4, -0.2) is 44.6 Å². The summed E-state index contributed by atoms with van der Waals surface area (Å²) in [6.07, 6.45) is 7.25. The second-order valence-corrected chi connectivity index (χ2v) is 8.36. The van der Waals surface area contributed by atoms with E-state index >= 15 is 0 Å². The minimum atomic E-state index is 0.875. The van der Waals surface area contributed by atoms with E-state index in [4.69, 9.17) is 4.74 Å². The molecule has 0 radical (unpaired) electrons. The SMILES string of the molecule is C=C1N(/C(=C/CCC)CC)N=CN1c1ccc(N2CCN(c3ccc(OC)cc3)CC2)cc1. The summed E-state index contributed by atoms with van der Waals surface area (Å²) in [5.74, 6) is 1.77. The van der Waals surface area contributed by atoms with Crippen LogP contribution in [0.25, 0.3) is 0 Å². The first kappa shape index (κ1) is 22.8. The molecule has 0 bridgehead atoms. The number of benzene rings is 2. The van der Waals surface area contributed by atoms with Crippen molar-refractivity contribution in [1.29, 1.82) is 0 Å². The van der Waals surface area contributed by atoms with Gasteiger partial charge in [0.1, 0.15) is 17.9 Å². The molecule has 2 aromatic carbocycles. The molecule has 0 unspecified atom stereocenters. The Bertz CT molecular complexity index is 988. The Morgan fingerprint density at radius 3 is 1.97 bits per heavy atom. The molecule has 1 fully saturated rings. The smallest absolute Gasteiger partial charge is 0.132 e. The van der Waals surface area contributed by atoms with Crippen LogP contribution in [0.15, 0.2) is 77.8 Å². The molecule has 0 N–H and O–H groups in total. The first-order chi connectivity index (χ1) is 16.1. The number of rotatable bonds is 8. The van der Waals surface area contributed by atoms with Gasteiger partial charge in [-0.25, -0.2) is 5.01 Å². The van der Waals surface area contributed by atoms with Crippen molar-refractivity contribution < 1.29 is 4.74 Å². The van der Waals surface area contributed by atoms with Gasteiger partial charge in [-0.2, -0.15) is 5.10 Å². The third kappa shape index (κ3) is 5.00. The Kier molecular flexibility index (Phi) is 7.23. The van der Waals surface area contributed by atoms with Gasteiger partial charge in [-0.3, -0.25) is 4.90 Å². The minimum Gasteiger partial charge on any atom is -0.497 e. The van der Waals surface area contributed by atoms with Gasteiger partial charge in [0.05, 0.1) is 7.11 Å². The first-order valence-corrected chi connectivity index (χ1v) is 11.9. The Hall–Kier alpha value is -3.41. The van der Waals surface area contributed by atoms with Crippen LogP contribution in [0.5, 0.6) is 5.75 Å². The number of anilines is 3. The van der Waals surface area contributed by atoms with Crippen LogP contribution in [-0.2, 0) is 0 Å². The van der Waals surface area contributed by atoms with Gasteiger partial charge in [0.25, 0.3) is 0 Å². The molecule has 0 spiro atoms. The second kappa shape index (κ2) is 10.5. The molecule has 2 heterocycles. The van der Waals surface area contributed by atoms with Crippen LogP contribution in [0, 0.1) is 0 Å². The van der Waals surface area contributed by atoms with E-state index in [0.717, 1.165) is 62.7 Å². The molecule has 0 aromatic heterocycles. The highest BCUT2D eigenvalue weighted by atomic mass is 16.5. The van der Waals surface area contributed by atoms with Crippen molar-refractivity contribution in [1.82, 2.24) is 5.01 Å². The molecule has 0 saturated carbocycles. The molecule has 1 saturated heterocycles. The molecule has 2 aliphatic heterocycles. The zero-order chi connectivity index (χ0) is 23.2. The van der Waals surface area contributed by atoms with Crippen LogP contribution in [0.1, 0.15) is 33.1 Å². The summed E-state index contributed by atoms with van der Waals surface area (Å²) in [7, 11) is 1.70. The van der Waals surface area contributed by atoms with E-state index in [-0.39, 0.29) is 0 Å². The fraction of sp³-hybridized carbons (Fsp3) is 0.370. The van der Waals surface area contributed by atoms with Gasteiger partial charge in [0.2, 0.25) is 0 Å². The summed E-state index contributed by atoms with van der Waals surface area (Å²) in [6.45, 7) is 12.7. The van der Waals surface area contributed by atoms with Gasteiger partial charge in [-0.1, -0.05) is 32.9 Å². The summed E-state index contributed by atoms with van der Waals surface area (Å²) in [5.41, 5.74) is 4.79. The number of hydrogen-bond acceptors (Lipinski definition) is 6. The zero-order valence-corrected chi connectivity index (χ0v) is 20.1. The van der Waals surface area contributed by atoms with Crippen molar-refractivity contribution in [2.24, 2.45) is 5.10 Å². The van der Waals surface area contributed by atoms with Gasteiger partial charge in [0.15, 0.2) is 0 Å². The van der Waals surface area contributed by atoms with Crippen molar-refractivity contribution in [2.45, 2.75) is 33.1 Å². The van der Waals surface area contributed by atoms with Gasteiger partial charge in [0, 0.05) is 48.9 Å². The predicted molar refractivity (Wildman–Crippen MR) is 139 cm³/mol. The number of nitrogens with zero attached hydrogens (tertiary/aromatic N) is 5. The van der Waals surface area contributed by atoms with E-state index in [1.54, 1.807) is 7.11 Å². The number of piperazine rings is 1. The fourth-order valence-corrected chi connectivity index (χ4v) is 4.33. The lowest BCUT2D eigenvalue weighted by Gasteiger charge is -2.37. The van der Waals surface area contributed by atoms with Gasteiger partial charge in [-0.15, -0.1) is 0 Å². The van der Waals surface area contributed by atoms with E-state index in [9.17, 15) is 0 Å². The summed E-state index contributed by atoms with van der Waals surface area (Å²) in [4.78, 5) is 6.94. The van der Waals surface area contributed by atoms with Crippen molar-refractivity contribution >= 4 is 23.4 Å². The number of hydrogen-bond donors (Lipinski definition) is 0. The zero-order valence-electron chi connectivity index (χ0n) is 20.1. The molecule has 6 nitrogen and oxygen atoms in total. The normalized spacial score (nSPS) is 16.7. The van der Waals surface area contributed by atoms with Crippen molar-refractivity contribution in [3.05, 3.63) is 72.7 Å². The summed E-state index contributed by atoms with van der Waals surface area (Å²) in [5, 5.41) is 6.56. The molecule has 2 aromatic rings.